The Balaban J connectivity index is 1.99. The van der Waals surface area contributed by atoms with Gasteiger partial charge in [0.2, 0.25) is 5.95 Å². The molecule has 1 aromatic carbocycles. The lowest BCUT2D eigenvalue weighted by atomic mass is 9.63. The number of benzene rings is 1. The summed E-state index contributed by atoms with van der Waals surface area (Å²) in [6.07, 6.45) is 5.42. The van der Waals surface area contributed by atoms with E-state index in [-0.39, 0.29) is 10.8 Å². The van der Waals surface area contributed by atoms with E-state index in [4.69, 9.17) is 4.74 Å². The van der Waals surface area contributed by atoms with E-state index in [0.717, 1.165) is 5.69 Å². The number of carbonyl (C=O) groups excluding carboxylic acids is 1. The lowest BCUT2D eigenvalue weighted by Gasteiger charge is -2.42. The Kier molecular flexibility index (Phi) is 5.22. The standard InChI is InChI=1S/C23H31N3O2/c1-8-28-20(27)16-13-24-21(25-14-16)26(7)19-12-18-17(11-15(19)2)22(3,4)9-10-23(18,5)6/h11-14H,8-10H2,1-7H3. The van der Waals surface area contributed by atoms with Crippen molar-refractivity contribution < 1.29 is 9.53 Å². The van der Waals surface area contributed by atoms with E-state index in [2.05, 4.69) is 56.7 Å². The Morgan fingerprint density at radius 1 is 1.07 bits per heavy atom. The molecule has 0 unspecified atom stereocenters. The second-order valence-corrected chi connectivity index (χ2v) is 9.00. The SMILES string of the molecule is CCOC(=O)c1cnc(N(C)c2cc3c(cc2C)C(C)(C)CCC3(C)C)nc1. The number of carbonyl (C=O) groups is 1. The summed E-state index contributed by atoms with van der Waals surface area (Å²) in [4.78, 5) is 22.6. The molecular formula is C23H31N3O2. The van der Waals surface area contributed by atoms with Crippen molar-refractivity contribution in [2.24, 2.45) is 0 Å². The van der Waals surface area contributed by atoms with E-state index in [1.54, 1.807) is 6.92 Å². The number of fused-ring (bicyclic) bond motifs is 1. The molecule has 0 bridgehead atoms. The van der Waals surface area contributed by atoms with E-state index in [1.165, 1.54) is 41.9 Å². The summed E-state index contributed by atoms with van der Waals surface area (Å²) in [6.45, 7) is 13.6. The molecule has 0 atom stereocenters. The molecule has 5 heteroatoms. The minimum absolute atomic E-state index is 0.142. The van der Waals surface area contributed by atoms with E-state index in [1.807, 2.05) is 11.9 Å². The molecule has 150 valence electrons. The first-order valence-corrected chi connectivity index (χ1v) is 9.95. The van der Waals surface area contributed by atoms with Crippen LogP contribution >= 0.6 is 0 Å². The predicted octanol–water partition coefficient (Wildman–Crippen LogP) is 5.08. The third-order valence-corrected chi connectivity index (χ3v) is 5.98. The fraction of sp³-hybridized carbons (Fsp3) is 0.522. The molecule has 0 aliphatic heterocycles. The van der Waals surface area contributed by atoms with Gasteiger partial charge < -0.3 is 9.64 Å². The van der Waals surface area contributed by atoms with E-state index in [9.17, 15) is 4.79 Å². The number of aryl methyl sites for hydroxylation is 1. The maximum atomic E-state index is 11.8. The topological polar surface area (TPSA) is 55.3 Å². The van der Waals surface area contributed by atoms with Crippen LogP contribution in [0.2, 0.25) is 0 Å². The third kappa shape index (κ3) is 3.62. The summed E-state index contributed by atoms with van der Waals surface area (Å²) in [5, 5.41) is 0. The average molecular weight is 382 g/mol. The first-order chi connectivity index (χ1) is 13.1. The molecule has 1 heterocycles. The van der Waals surface area contributed by atoms with Crippen LogP contribution in [0.25, 0.3) is 0 Å². The maximum Gasteiger partial charge on any atom is 0.341 e. The van der Waals surface area contributed by atoms with Crippen LogP contribution in [0.4, 0.5) is 11.6 Å². The highest BCUT2D eigenvalue weighted by atomic mass is 16.5. The van der Waals surface area contributed by atoms with Gasteiger partial charge in [0.05, 0.1) is 12.2 Å². The smallest absolute Gasteiger partial charge is 0.341 e. The van der Waals surface area contributed by atoms with Crippen molar-refractivity contribution in [3.63, 3.8) is 0 Å². The molecule has 0 fully saturated rings. The van der Waals surface area contributed by atoms with Crippen LogP contribution in [0.3, 0.4) is 0 Å². The van der Waals surface area contributed by atoms with Crippen LogP contribution in [0, 0.1) is 6.92 Å². The van der Waals surface area contributed by atoms with Gasteiger partial charge in [0.25, 0.3) is 0 Å². The van der Waals surface area contributed by atoms with Crippen LogP contribution in [-0.2, 0) is 15.6 Å². The number of ether oxygens (including phenoxy) is 1. The Morgan fingerprint density at radius 2 is 1.61 bits per heavy atom. The van der Waals surface area contributed by atoms with Crippen molar-refractivity contribution in [2.45, 2.75) is 65.2 Å². The van der Waals surface area contributed by atoms with Crippen LogP contribution in [-0.4, -0.2) is 29.6 Å². The second-order valence-electron chi connectivity index (χ2n) is 9.00. The second kappa shape index (κ2) is 7.19. The number of hydrogen-bond donors (Lipinski definition) is 0. The van der Waals surface area contributed by atoms with Gasteiger partial charge in [-0.15, -0.1) is 0 Å². The number of anilines is 2. The molecule has 0 radical (unpaired) electrons. The third-order valence-electron chi connectivity index (χ3n) is 5.98. The molecule has 2 aromatic rings. The lowest BCUT2D eigenvalue weighted by molar-refractivity contribution is 0.0525. The van der Waals surface area contributed by atoms with Crippen molar-refractivity contribution in [1.29, 1.82) is 0 Å². The van der Waals surface area contributed by atoms with Crippen molar-refractivity contribution in [3.8, 4) is 0 Å². The molecule has 28 heavy (non-hydrogen) atoms. The Bertz CT molecular complexity index is 885. The van der Waals surface area contributed by atoms with Gasteiger partial charge in [-0.25, -0.2) is 14.8 Å². The first kappa shape index (κ1) is 20.3. The highest BCUT2D eigenvalue weighted by molar-refractivity contribution is 5.88. The van der Waals surface area contributed by atoms with Gasteiger partial charge in [-0.1, -0.05) is 33.8 Å². The van der Waals surface area contributed by atoms with Gasteiger partial charge >= 0.3 is 5.97 Å². The van der Waals surface area contributed by atoms with Crippen LogP contribution in [0.5, 0.6) is 0 Å². The van der Waals surface area contributed by atoms with Crippen LogP contribution < -0.4 is 4.90 Å². The van der Waals surface area contributed by atoms with Crippen molar-refractivity contribution in [1.82, 2.24) is 9.97 Å². The minimum atomic E-state index is -0.398. The average Bonchev–Trinajstić information content (AvgIpc) is 2.65. The summed E-state index contributed by atoms with van der Waals surface area (Å²) < 4.78 is 5.00. The predicted molar refractivity (Wildman–Crippen MR) is 113 cm³/mol. The minimum Gasteiger partial charge on any atom is -0.462 e. The number of rotatable bonds is 4. The molecule has 0 saturated heterocycles. The van der Waals surface area contributed by atoms with Gasteiger partial charge in [-0.2, -0.15) is 0 Å². The highest BCUT2D eigenvalue weighted by Gasteiger charge is 2.37. The van der Waals surface area contributed by atoms with Crippen molar-refractivity contribution >= 4 is 17.6 Å². The van der Waals surface area contributed by atoms with Crippen LogP contribution in [0.1, 0.15) is 74.5 Å². The van der Waals surface area contributed by atoms with E-state index < -0.39 is 5.97 Å². The van der Waals surface area contributed by atoms with E-state index in [0.29, 0.717) is 18.1 Å². The molecule has 0 amide bonds. The largest absolute Gasteiger partial charge is 0.462 e. The molecule has 0 spiro atoms. The fourth-order valence-electron chi connectivity index (χ4n) is 3.99. The normalized spacial score (nSPS) is 17.0. The maximum absolute atomic E-state index is 11.8. The molecule has 0 saturated carbocycles. The molecule has 0 N–H and O–H groups in total. The zero-order chi connectivity index (χ0) is 20.7. The molecule has 1 aromatic heterocycles. The highest BCUT2D eigenvalue weighted by Crippen LogP contribution is 2.47. The number of aromatic nitrogens is 2. The summed E-state index contributed by atoms with van der Waals surface area (Å²) in [7, 11) is 1.97. The van der Waals surface area contributed by atoms with Gasteiger partial charge in [-0.3, -0.25) is 0 Å². The summed E-state index contributed by atoms with van der Waals surface area (Å²) in [5.41, 5.74) is 5.83. The van der Waals surface area contributed by atoms with E-state index >= 15 is 0 Å². The van der Waals surface area contributed by atoms with Gasteiger partial charge in [0, 0.05) is 25.1 Å². The zero-order valence-corrected chi connectivity index (χ0v) is 18.1. The Labute approximate surface area is 168 Å². The quantitative estimate of drug-likeness (QED) is 0.691. The first-order valence-electron chi connectivity index (χ1n) is 9.95. The lowest BCUT2D eigenvalue weighted by Crippen LogP contribution is -2.34. The van der Waals surface area contributed by atoms with Crippen LogP contribution in [0.15, 0.2) is 24.5 Å². The summed E-state index contributed by atoms with van der Waals surface area (Å²) in [6, 6.07) is 4.63. The summed E-state index contributed by atoms with van der Waals surface area (Å²) >= 11 is 0. The van der Waals surface area contributed by atoms with Crippen molar-refractivity contribution in [3.05, 3.63) is 46.8 Å². The number of nitrogens with zero attached hydrogens (tertiary/aromatic N) is 3. The zero-order valence-electron chi connectivity index (χ0n) is 18.1. The Hall–Kier alpha value is -2.43. The number of hydrogen-bond acceptors (Lipinski definition) is 5. The van der Waals surface area contributed by atoms with Gasteiger partial charge in [-0.05, 0) is 60.3 Å². The Morgan fingerprint density at radius 3 is 2.14 bits per heavy atom. The van der Waals surface area contributed by atoms with Gasteiger partial charge in [0.1, 0.15) is 0 Å². The van der Waals surface area contributed by atoms with Gasteiger partial charge in [0.15, 0.2) is 0 Å². The molecule has 3 rings (SSSR count). The monoisotopic (exact) mass is 381 g/mol. The summed E-state index contributed by atoms with van der Waals surface area (Å²) in [5.74, 6) is 0.162. The molecular weight excluding hydrogens is 350 g/mol. The fourth-order valence-corrected chi connectivity index (χ4v) is 3.99. The molecule has 5 nitrogen and oxygen atoms in total. The molecule has 1 aliphatic carbocycles. The molecule has 1 aliphatic rings. The number of esters is 1. The van der Waals surface area contributed by atoms with Crippen molar-refractivity contribution in [2.75, 3.05) is 18.6 Å².